The Labute approximate surface area is 164 Å². The highest BCUT2D eigenvalue weighted by Crippen LogP contribution is 2.22. The van der Waals surface area contributed by atoms with Crippen molar-refractivity contribution in [2.24, 2.45) is 4.99 Å². The van der Waals surface area contributed by atoms with Gasteiger partial charge >= 0.3 is 0 Å². The van der Waals surface area contributed by atoms with Crippen molar-refractivity contribution in [1.29, 1.82) is 0 Å². The maximum absolute atomic E-state index is 12.4. The normalized spacial score (nSPS) is 10.8. The first kappa shape index (κ1) is 18.2. The van der Waals surface area contributed by atoms with Crippen molar-refractivity contribution in [1.82, 2.24) is 0 Å². The van der Waals surface area contributed by atoms with Crippen molar-refractivity contribution in [2.75, 3.05) is 5.32 Å². The maximum atomic E-state index is 12.4. The summed E-state index contributed by atoms with van der Waals surface area (Å²) < 4.78 is 0.839. The number of hydrogen-bond acceptors (Lipinski definition) is 3. The molecule has 0 heterocycles. The Hall–Kier alpha value is -2.63. The van der Waals surface area contributed by atoms with Gasteiger partial charge in [-0.25, -0.2) is 0 Å². The van der Waals surface area contributed by atoms with Crippen LogP contribution in [-0.2, 0) is 0 Å². The Morgan fingerprint density at radius 1 is 1.08 bits per heavy atom. The number of benzene rings is 3. The number of halogens is 2. The van der Waals surface area contributed by atoms with E-state index in [1.54, 1.807) is 72.9 Å². The summed E-state index contributed by atoms with van der Waals surface area (Å²) in [6.45, 7) is 0. The SMILES string of the molecule is O=C(Nc1cccc(Cl)c1)c1cccc(N=Cc2cc(Br)ccc2O)c1. The molecule has 3 aromatic rings. The molecule has 26 heavy (non-hydrogen) atoms. The third-order valence-electron chi connectivity index (χ3n) is 3.53. The van der Waals surface area contributed by atoms with Gasteiger partial charge in [0.2, 0.25) is 0 Å². The van der Waals surface area contributed by atoms with Gasteiger partial charge in [0.1, 0.15) is 5.75 Å². The molecule has 0 aliphatic heterocycles. The van der Waals surface area contributed by atoms with Crippen LogP contribution in [0.15, 0.2) is 76.2 Å². The molecule has 0 bridgehead atoms. The fraction of sp³-hybridized carbons (Fsp3) is 0. The summed E-state index contributed by atoms with van der Waals surface area (Å²) in [6, 6.07) is 18.9. The summed E-state index contributed by atoms with van der Waals surface area (Å²) in [5.41, 5.74) is 2.27. The monoisotopic (exact) mass is 428 g/mol. The molecule has 0 radical (unpaired) electrons. The van der Waals surface area contributed by atoms with E-state index in [1.807, 2.05) is 0 Å². The average molecular weight is 430 g/mol. The standard InChI is InChI=1S/C20H14BrClN2O2/c21-15-7-8-19(25)14(9-15)12-23-17-5-1-3-13(10-17)20(26)24-18-6-2-4-16(22)11-18/h1-12,25H,(H,24,26). The lowest BCUT2D eigenvalue weighted by atomic mass is 10.1. The number of amides is 1. The third kappa shape index (κ3) is 4.71. The van der Waals surface area contributed by atoms with Crippen molar-refractivity contribution in [3.8, 4) is 5.75 Å². The maximum Gasteiger partial charge on any atom is 0.255 e. The first-order chi connectivity index (χ1) is 12.5. The van der Waals surface area contributed by atoms with Gasteiger partial charge in [0, 0.05) is 32.5 Å². The number of nitrogens with zero attached hydrogens (tertiary/aromatic N) is 1. The number of nitrogens with one attached hydrogen (secondary N) is 1. The molecule has 0 spiro atoms. The van der Waals surface area contributed by atoms with E-state index < -0.39 is 0 Å². The summed E-state index contributed by atoms with van der Waals surface area (Å²) in [5, 5.41) is 13.2. The summed E-state index contributed by atoms with van der Waals surface area (Å²) in [7, 11) is 0. The van der Waals surface area contributed by atoms with E-state index in [0.29, 0.717) is 27.5 Å². The molecular formula is C20H14BrClN2O2. The number of rotatable bonds is 4. The highest BCUT2D eigenvalue weighted by molar-refractivity contribution is 9.10. The van der Waals surface area contributed by atoms with E-state index in [9.17, 15) is 9.90 Å². The molecule has 0 saturated carbocycles. The first-order valence-electron chi connectivity index (χ1n) is 7.71. The largest absolute Gasteiger partial charge is 0.507 e. The number of phenols is 1. The number of carbonyl (C=O) groups is 1. The zero-order valence-electron chi connectivity index (χ0n) is 13.5. The Balaban J connectivity index is 1.78. The number of anilines is 1. The van der Waals surface area contributed by atoms with Crippen molar-refractivity contribution in [3.63, 3.8) is 0 Å². The molecule has 0 aliphatic carbocycles. The lowest BCUT2D eigenvalue weighted by molar-refractivity contribution is 0.102. The zero-order valence-corrected chi connectivity index (χ0v) is 15.8. The quantitative estimate of drug-likeness (QED) is 0.514. The van der Waals surface area contributed by atoms with Crippen LogP contribution < -0.4 is 5.32 Å². The van der Waals surface area contributed by atoms with Gasteiger partial charge in [0.25, 0.3) is 5.91 Å². The molecule has 3 aromatic carbocycles. The van der Waals surface area contributed by atoms with Gasteiger partial charge in [-0.2, -0.15) is 0 Å². The number of aliphatic imine (C=N–C) groups is 1. The van der Waals surface area contributed by atoms with Gasteiger partial charge in [0.05, 0.1) is 5.69 Å². The van der Waals surface area contributed by atoms with Crippen LogP contribution >= 0.6 is 27.5 Å². The number of aromatic hydroxyl groups is 1. The van der Waals surface area contributed by atoms with E-state index >= 15 is 0 Å². The van der Waals surface area contributed by atoms with Crippen LogP contribution in [0, 0.1) is 0 Å². The second kappa shape index (κ2) is 8.17. The zero-order chi connectivity index (χ0) is 18.5. The van der Waals surface area contributed by atoms with E-state index in [2.05, 4.69) is 26.2 Å². The smallest absolute Gasteiger partial charge is 0.255 e. The topological polar surface area (TPSA) is 61.7 Å². The molecule has 6 heteroatoms. The molecule has 0 saturated heterocycles. The second-order valence-electron chi connectivity index (χ2n) is 5.48. The van der Waals surface area contributed by atoms with Crippen molar-refractivity contribution >= 4 is 51.0 Å². The molecule has 1 amide bonds. The lowest BCUT2D eigenvalue weighted by Crippen LogP contribution is -2.11. The molecule has 0 atom stereocenters. The average Bonchev–Trinajstić information content (AvgIpc) is 2.63. The van der Waals surface area contributed by atoms with Gasteiger partial charge in [-0.1, -0.05) is 39.7 Å². The van der Waals surface area contributed by atoms with E-state index in [1.165, 1.54) is 0 Å². The van der Waals surface area contributed by atoms with E-state index in [-0.39, 0.29) is 11.7 Å². The molecule has 0 unspecified atom stereocenters. The minimum Gasteiger partial charge on any atom is -0.507 e. The molecule has 0 fully saturated rings. The third-order valence-corrected chi connectivity index (χ3v) is 4.26. The number of hydrogen-bond donors (Lipinski definition) is 2. The highest BCUT2D eigenvalue weighted by atomic mass is 79.9. The second-order valence-corrected chi connectivity index (χ2v) is 6.83. The number of carbonyl (C=O) groups excluding carboxylic acids is 1. The molecule has 0 aromatic heterocycles. The number of phenolic OH excluding ortho intramolecular Hbond substituents is 1. The molecule has 130 valence electrons. The molecular weight excluding hydrogens is 416 g/mol. The van der Waals surface area contributed by atoms with Crippen LogP contribution in [0.1, 0.15) is 15.9 Å². The van der Waals surface area contributed by atoms with Crippen LogP contribution in [-0.4, -0.2) is 17.2 Å². The first-order valence-corrected chi connectivity index (χ1v) is 8.88. The molecule has 2 N–H and O–H groups in total. The minimum atomic E-state index is -0.255. The predicted octanol–water partition coefficient (Wildman–Crippen LogP) is 5.81. The Bertz CT molecular complexity index is 989. The van der Waals surface area contributed by atoms with Gasteiger partial charge in [-0.15, -0.1) is 0 Å². The van der Waals surface area contributed by atoms with Gasteiger partial charge in [-0.05, 0) is 54.6 Å². The van der Waals surface area contributed by atoms with Gasteiger partial charge < -0.3 is 10.4 Å². The molecule has 4 nitrogen and oxygen atoms in total. The van der Waals surface area contributed by atoms with Gasteiger partial charge in [0.15, 0.2) is 0 Å². The highest BCUT2D eigenvalue weighted by Gasteiger charge is 2.07. The molecule has 0 aliphatic rings. The van der Waals surface area contributed by atoms with Crippen molar-refractivity contribution in [3.05, 3.63) is 87.4 Å². The fourth-order valence-corrected chi connectivity index (χ4v) is 2.84. The van der Waals surface area contributed by atoms with Crippen LogP contribution in [0.2, 0.25) is 5.02 Å². The van der Waals surface area contributed by atoms with Crippen molar-refractivity contribution < 1.29 is 9.90 Å². The van der Waals surface area contributed by atoms with Crippen LogP contribution in [0.5, 0.6) is 5.75 Å². The van der Waals surface area contributed by atoms with Gasteiger partial charge in [-0.3, -0.25) is 9.79 Å². The summed E-state index contributed by atoms with van der Waals surface area (Å²) >= 11 is 9.28. The summed E-state index contributed by atoms with van der Waals surface area (Å²) in [6.07, 6.45) is 1.55. The van der Waals surface area contributed by atoms with Crippen molar-refractivity contribution in [2.45, 2.75) is 0 Å². The van der Waals surface area contributed by atoms with Crippen LogP contribution in [0.25, 0.3) is 0 Å². The van der Waals surface area contributed by atoms with Crippen LogP contribution in [0.4, 0.5) is 11.4 Å². The Morgan fingerprint density at radius 2 is 1.88 bits per heavy atom. The summed E-state index contributed by atoms with van der Waals surface area (Å²) in [5.74, 6) is -0.124. The fourth-order valence-electron chi connectivity index (χ4n) is 2.27. The Morgan fingerprint density at radius 3 is 2.69 bits per heavy atom. The van der Waals surface area contributed by atoms with E-state index in [4.69, 9.17) is 11.6 Å². The summed E-state index contributed by atoms with van der Waals surface area (Å²) in [4.78, 5) is 16.7. The Kier molecular flexibility index (Phi) is 5.71. The lowest BCUT2D eigenvalue weighted by Gasteiger charge is -2.06. The molecule has 3 rings (SSSR count). The van der Waals surface area contributed by atoms with E-state index in [0.717, 1.165) is 4.47 Å². The minimum absolute atomic E-state index is 0.131. The van der Waals surface area contributed by atoms with Crippen LogP contribution in [0.3, 0.4) is 0 Å². The predicted molar refractivity (Wildman–Crippen MR) is 109 cm³/mol.